The van der Waals surface area contributed by atoms with Crippen LogP contribution in [0.5, 0.6) is 5.75 Å². The lowest BCUT2D eigenvalue weighted by Crippen LogP contribution is -2.14. The molecule has 4 nitrogen and oxygen atoms in total. The van der Waals surface area contributed by atoms with E-state index in [4.69, 9.17) is 10.5 Å². The Bertz CT molecular complexity index is 812. The van der Waals surface area contributed by atoms with Crippen molar-refractivity contribution in [2.24, 2.45) is 0 Å². The molecule has 1 aliphatic heterocycles. The fraction of sp³-hybridized carbons (Fsp3) is 0.133. The van der Waals surface area contributed by atoms with Gasteiger partial charge in [0.1, 0.15) is 12.4 Å². The van der Waals surface area contributed by atoms with E-state index in [1.54, 1.807) is 0 Å². The van der Waals surface area contributed by atoms with Crippen molar-refractivity contribution in [3.63, 3.8) is 0 Å². The molecule has 1 unspecified atom stereocenters. The van der Waals surface area contributed by atoms with Gasteiger partial charge in [0, 0.05) is 9.13 Å². The molecule has 0 fully saturated rings. The standard InChI is InChI=1S/C15H12IN3O/c16-9-5-6-12-11(7-9)18-15(17)19(12)13-8-20-14-4-2-1-3-10(13)14/h1-7,13H,8H2,(H2,17,18). The van der Waals surface area contributed by atoms with Crippen LogP contribution in [0.25, 0.3) is 11.0 Å². The summed E-state index contributed by atoms with van der Waals surface area (Å²) in [7, 11) is 0. The monoisotopic (exact) mass is 377 g/mol. The number of imidazole rings is 1. The molecule has 20 heavy (non-hydrogen) atoms. The molecule has 3 aromatic rings. The normalized spacial score (nSPS) is 17.1. The highest BCUT2D eigenvalue weighted by atomic mass is 127. The first kappa shape index (κ1) is 12.0. The predicted molar refractivity (Wildman–Crippen MR) is 86.9 cm³/mol. The molecule has 2 aromatic carbocycles. The fourth-order valence-electron chi connectivity index (χ4n) is 2.78. The zero-order chi connectivity index (χ0) is 13.7. The molecule has 1 aromatic heterocycles. The molecular weight excluding hydrogens is 365 g/mol. The average molecular weight is 377 g/mol. The van der Waals surface area contributed by atoms with Crippen molar-refractivity contribution in [3.8, 4) is 5.75 Å². The lowest BCUT2D eigenvalue weighted by Gasteiger charge is -2.13. The number of anilines is 1. The molecule has 2 N–H and O–H groups in total. The quantitative estimate of drug-likeness (QED) is 0.663. The lowest BCUT2D eigenvalue weighted by atomic mass is 10.1. The molecule has 0 saturated carbocycles. The van der Waals surface area contributed by atoms with Crippen LogP contribution in [-0.4, -0.2) is 16.2 Å². The Hall–Kier alpha value is -1.76. The molecule has 0 saturated heterocycles. The third-order valence-electron chi connectivity index (χ3n) is 3.67. The largest absolute Gasteiger partial charge is 0.491 e. The van der Waals surface area contributed by atoms with Crippen molar-refractivity contribution in [2.75, 3.05) is 12.3 Å². The van der Waals surface area contributed by atoms with Crippen LogP contribution in [0.2, 0.25) is 0 Å². The molecule has 0 aliphatic carbocycles. The van der Waals surface area contributed by atoms with Gasteiger partial charge in [-0.15, -0.1) is 0 Å². The van der Waals surface area contributed by atoms with E-state index in [2.05, 4.69) is 50.3 Å². The maximum Gasteiger partial charge on any atom is 0.201 e. The minimum Gasteiger partial charge on any atom is -0.491 e. The van der Waals surface area contributed by atoms with Gasteiger partial charge < -0.3 is 10.5 Å². The Morgan fingerprint density at radius 3 is 3.00 bits per heavy atom. The van der Waals surface area contributed by atoms with E-state index in [1.165, 1.54) is 0 Å². The Labute approximate surface area is 129 Å². The van der Waals surface area contributed by atoms with E-state index >= 15 is 0 Å². The number of benzene rings is 2. The minimum atomic E-state index is 0.0938. The number of para-hydroxylation sites is 1. The van der Waals surface area contributed by atoms with Gasteiger partial charge in [-0.2, -0.15) is 0 Å². The van der Waals surface area contributed by atoms with E-state index in [0.717, 1.165) is 25.9 Å². The third-order valence-corrected chi connectivity index (χ3v) is 4.34. The second-order valence-corrected chi connectivity index (χ2v) is 6.08. The van der Waals surface area contributed by atoms with Crippen LogP contribution in [0.3, 0.4) is 0 Å². The van der Waals surface area contributed by atoms with Crippen molar-refractivity contribution >= 4 is 39.6 Å². The van der Waals surface area contributed by atoms with Crippen molar-refractivity contribution in [2.45, 2.75) is 6.04 Å². The van der Waals surface area contributed by atoms with Crippen molar-refractivity contribution < 1.29 is 4.74 Å². The van der Waals surface area contributed by atoms with Gasteiger partial charge in [0.25, 0.3) is 0 Å². The summed E-state index contributed by atoms with van der Waals surface area (Å²) in [6.45, 7) is 0.598. The van der Waals surface area contributed by atoms with E-state index in [0.29, 0.717) is 12.6 Å². The summed E-state index contributed by atoms with van der Waals surface area (Å²) in [5.41, 5.74) is 9.28. The van der Waals surface area contributed by atoms with Gasteiger partial charge in [-0.1, -0.05) is 18.2 Å². The molecule has 0 spiro atoms. The van der Waals surface area contributed by atoms with Crippen LogP contribution in [0.15, 0.2) is 42.5 Å². The first-order valence-electron chi connectivity index (χ1n) is 6.39. The minimum absolute atomic E-state index is 0.0938. The molecular formula is C15H12IN3O. The first-order chi connectivity index (χ1) is 9.74. The topological polar surface area (TPSA) is 53.1 Å². The summed E-state index contributed by atoms with van der Waals surface area (Å²) >= 11 is 2.28. The van der Waals surface area contributed by atoms with Gasteiger partial charge in [-0.05, 0) is 46.9 Å². The number of rotatable bonds is 1. The molecule has 1 aliphatic rings. The van der Waals surface area contributed by atoms with E-state index in [1.807, 2.05) is 24.3 Å². The van der Waals surface area contributed by atoms with Gasteiger partial charge in [0.2, 0.25) is 5.95 Å². The van der Waals surface area contributed by atoms with Gasteiger partial charge in [0.05, 0.1) is 17.1 Å². The number of hydrogen-bond donors (Lipinski definition) is 1. The summed E-state index contributed by atoms with van der Waals surface area (Å²) in [6, 6.07) is 14.4. The lowest BCUT2D eigenvalue weighted by molar-refractivity contribution is 0.320. The van der Waals surface area contributed by atoms with Crippen molar-refractivity contribution in [1.82, 2.24) is 9.55 Å². The highest BCUT2D eigenvalue weighted by Crippen LogP contribution is 2.37. The predicted octanol–water partition coefficient (Wildman–Crippen LogP) is 3.20. The van der Waals surface area contributed by atoms with Crippen LogP contribution in [0.4, 0.5) is 5.95 Å². The molecule has 0 radical (unpaired) electrons. The van der Waals surface area contributed by atoms with Crippen molar-refractivity contribution in [3.05, 3.63) is 51.6 Å². The maximum atomic E-state index is 6.13. The van der Waals surface area contributed by atoms with Crippen LogP contribution < -0.4 is 10.5 Å². The molecule has 4 rings (SSSR count). The second-order valence-electron chi connectivity index (χ2n) is 4.84. The summed E-state index contributed by atoms with van der Waals surface area (Å²) < 4.78 is 8.98. The number of nitrogens with two attached hydrogens (primary N) is 1. The van der Waals surface area contributed by atoms with Gasteiger partial charge in [-0.25, -0.2) is 4.98 Å². The van der Waals surface area contributed by atoms with Crippen LogP contribution in [0.1, 0.15) is 11.6 Å². The smallest absolute Gasteiger partial charge is 0.201 e. The molecule has 2 heterocycles. The molecule has 5 heteroatoms. The first-order valence-corrected chi connectivity index (χ1v) is 7.46. The molecule has 0 bridgehead atoms. The van der Waals surface area contributed by atoms with Crippen molar-refractivity contribution in [1.29, 1.82) is 0 Å². The summed E-state index contributed by atoms with van der Waals surface area (Å²) in [4.78, 5) is 4.47. The maximum absolute atomic E-state index is 6.13. The molecule has 100 valence electrons. The molecule has 0 amide bonds. The SMILES string of the molecule is Nc1nc2cc(I)ccc2n1C1COc2ccccc21. The zero-order valence-corrected chi connectivity index (χ0v) is 12.7. The van der Waals surface area contributed by atoms with E-state index in [-0.39, 0.29) is 6.04 Å². The number of halogens is 1. The van der Waals surface area contributed by atoms with Gasteiger partial charge >= 0.3 is 0 Å². The number of fused-ring (bicyclic) bond motifs is 2. The van der Waals surface area contributed by atoms with Gasteiger partial charge in [-0.3, -0.25) is 4.57 Å². The Morgan fingerprint density at radius 1 is 1.25 bits per heavy atom. The Balaban J connectivity index is 1.94. The zero-order valence-electron chi connectivity index (χ0n) is 10.6. The highest BCUT2D eigenvalue weighted by molar-refractivity contribution is 14.1. The fourth-order valence-corrected chi connectivity index (χ4v) is 3.25. The highest BCUT2D eigenvalue weighted by Gasteiger charge is 2.28. The number of nitrogen functional groups attached to an aromatic ring is 1. The van der Waals surface area contributed by atoms with E-state index < -0.39 is 0 Å². The Morgan fingerprint density at radius 2 is 2.10 bits per heavy atom. The average Bonchev–Trinajstić information content (AvgIpc) is 2.98. The molecule has 1 atom stereocenters. The van der Waals surface area contributed by atoms with E-state index in [9.17, 15) is 0 Å². The van der Waals surface area contributed by atoms with Crippen LogP contribution in [-0.2, 0) is 0 Å². The second kappa shape index (κ2) is 4.37. The Kier molecular flexibility index (Phi) is 2.63. The third kappa shape index (κ3) is 1.69. The van der Waals surface area contributed by atoms with Gasteiger partial charge in [0.15, 0.2) is 0 Å². The number of hydrogen-bond acceptors (Lipinski definition) is 3. The van der Waals surface area contributed by atoms with Crippen LogP contribution in [0, 0.1) is 3.57 Å². The summed E-state index contributed by atoms with van der Waals surface area (Å²) in [5, 5.41) is 0. The number of aromatic nitrogens is 2. The number of ether oxygens (including phenoxy) is 1. The summed E-state index contributed by atoms with van der Waals surface area (Å²) in [6.07, 6.45) is 0. The summed E-state index contributed by atoms with van der Waals surface area (Å²) in [5.74, 6) is 1.47. The number of nitrogens with zero attached hydrogens (tertiary/aromatic N) is 2. The van der Waals surface area contributed by atoms with Crippen LogP contribution >= 0.6 is 22.6 Å².